The number of pyridine rings is 1. The van der Waals surface area contributed by atoms with Crippen LogP contribution < -0.4 is 4.74 Å². The molecule has 2 heterocycles. The monoisotopic (exact) mass is 316 g/mol. The third-order valence-corrected chi connectivity index (χ3v) is 4.45. The van der Waals surface area contributed by atoms with Gasteiger partial charge in [-0.1, -0.05) is 36.4 Å². The van der Waals surface area contributed by atoms with Gasteiger partial charge in [0.2, 0.25) is 0 Å². The lowest BCUT2D eigenvalue weighted by atomic mass is 9.86. The van der Waals surface area contributed by atoms with E-state index in [0.29, 0.717) is 0 Å². The standard InChI is InChI=1S/C21H20N2O/c1-21(2)13-14-8-4-5-9-15(14)20(23-21)18-12-19(24-3)16-10-6-7-11-17(16)22-18/h4-12H,13H2,1-3H3. The first-order valence-electron chi connectivity index (χ1n) is 8.20. The zero-order valence-corrected chi connectivity index (χ0v) is 14.2. The summed E-state index contributed by atoms with van der Waals surface area (Å²) < 4.78 is 5.60. The second-order valence-corrected chi connectivity index (χ2v) is 6.83. The zero-order chi connectivity index (χ0) is 16.7. The molecule has 3 heteroatoms. The first kappa shape index (κ1) is 14.9. The van der Waals surface area contributed by atoms with Gasteiger partial charge < -0.3 is 4.74 Å². The van der Waals surface area contributed by atoms with Crippen LogP contribution in [0.3, 0.4) is 0 Å². The first-order chi connectivity index (χ1) is 11.6. The van der Waals surface area contributed by atoms with E-state index in [4.69, 9.17) is 14.7 Å². The number of nitrogens with zero attached hydrogens (tertiary/aromatic N) is 2. The maximum absolute atomic E-state index is 5.60. The number of ether oxygens (including phenoxy) is 1. The minimum atomic E-state index is -0.135. The van der Waals surface area contributed by atoms with E-state index in [9.17, 15) is 0 Å². The fourth-order valence-electron chi connectivity index (χ4n) is 3.40. The van der Waals surface area contributed by atoms with Gasteiger partial charge in [0.25, 0.3) is 0 Å². The van der Waals surface area contributed by atoms with Gasteiger partial charge in [0.15, 0.2) is 0 Å². The van der Waals surface area contributed by atoms with Crippen LogP contribution in [0.25, 0.3) is 10.9 Å². The van der Waals surface area contributed by atoms with E-state index < -0.39 is 0 Å². The minimum Gasteiger partial charge on any atom is -0.496 e. The van der Waals surface area contributed by atoms with Crippen LogP contribution in [0.2, 0.25) is 0 Å². The second-order valence-electron chi connectivity index (χ2n) is 6.83. The van der Waals surface area contributed by atoms with Crippen LogP contribution in [0.15, 0.2) is 59.6 Å². The number of aromatic nitrogens is 1. The molecule has 0 unspecified atom stereocenters. The average molecular weight is 316 g/mol. The Morgan fingerprint density at radius 3 is 2.58 bits per heavy atom. The topological polar surface area (TPSA) is 34.5 Å². The molecule has 0 atom stereocenters. The number of benzene rings is 2. The van der Waals surface area contributed by atoms with Crippen molar-refractivity contribution < 1.29 is 4.74 Å². The number of para-hydroxylation sites is 1. The Morgan fingerprint density at radius 2 is 1.75 bits per heavy atom. The number of fused-ring (bicyclic) bond motifs is 2. The summed E-state index contributed by atoms with van der Waals surface area (Å²) in [4.78, 5) is 9.87. The van der Waals surface area contributed by atoms with Crippen molar-refractivity contribution in [3.63, 3.8) is 0 Å². The number of aliphatic imine (C=N–C) groups is 1. The van der Waals surface area contributed by atoms with Gasteiger partial charge in [0, 0.05) is 17.0 Å². The van der Waals surface area contributed by atoms with Crippen LogP contribution >= 0.6 is 0 Å². The molecule has 0 radical (unpaired) electrons. The van der Waals surface area contributed by atoms with Crippen LogP contribution in [0, 0.1) is 0 Å². The highest BCUT2D eigenvalue weighted by Crippen LogP contribution is 2.31. The SMILES string of the molecule is COc1cc(C2=NC(C)(C)Cc3ccccc32)nc2ccccc12. The Morgan fingerprint density at radius 1 is 1.00 bits per heavy atom. The summed E-state index contributed by atoms with van der Waals surface area (Å²) in [5, 5.41) is 1.02. The Balaban J connectivity index is 1.98. The summed E-state index contributed by atoms with van der Waals surface area (Å²) >= 11 is 0. The second kappa shape index (κ2) is 5.45. The van der Waals surface area contributed by atoms with E-state index in [1.807, 2.05) is 30.3 Å². The van der Waals surface area contributed by atoms with Gasteiger partial charge >= 0.3 is 0 Å². The molecule has 0 fully saturated rings. The molecule has 0 aliphatic carbocycles. The molecular weight excluding hydrogens is 296 g/mol. The van der Waals surface area contributed by atoms with Gasteiger partial charge in [-0.15, -0.1) is 0 Å². The van der Waals surface area contributed by atoms with Gasteiger partial charge in [-0.25, -0.2) is 4.98 Å². The van der Waals surface area contributed by atoms with Crippen LogP contribution in [0.4, 0.5) is 0 Å². The summed E-state index contributed by atoms with van der Waals surface area (Å²) in [6.07, 6.45) is 0.942. The molecule has 0 saturated heterocycles. The lowest BCUT2D eigenvalue weighted by Gasteiger charge is -2.29. The van der Waals surface area contributed by atoms with Crippen molar-refractivity contribution in [2.24, 2.45) is 4.99 Å². The highest BCUT2D eigenvalue weighted by Gasteiger charge is 2.28. The molecule has 2 aromatic carbocycles. The molecule has 0 amide bonds. The van der Waals surface area contributed by atoms with Crippen molar-refractivity contribution in [2.45, 2.75) is 25.8 Å². The Labute approximate surface area is 142 Å². The summed E-state index contributed by atoms with van der Waals surface area (Å²) in [6.45, 7) is 4.34. The van der Waals surface area contributed by atoms with Gasteiger partial charge in [0.05, 0.1) is 29.6 Å². The van der Waals surface area contributed by atoms with Crippen molar-refractivity contribution >= 4 is 16.6 Å². The molecule has 1 aliphatic rings. The number of hydrogen-bond donors (Lipinski definition) is 0. The van der Waals surface area contributed by atoms with E-state index in [-0.39, 0.29) is 5.54 Å². The van der Waals surface area contributed by atoms with E-state index in [1.165, 1.54) is 11.1 Å². The predicted molar refractivity (Wildman–Crippen MR) is 98.2 cm³/mol. The minimum absolute atomic E-state index is 0.135. The summed E-state index contributed by atoms with van der Waals surface area (Å²) in [7, 11) is 1.70. The summed E-state index contributed by atoms with van der Waals surface area (Å²) in [6, 6.07) is 18.5. The molecule has 1 aliphatic heterocycles. The molecule has 0 bridgehead atoms. The van der Waals surface area contributed by atoms with Crippen LogP contribution in [-0.2, 0) is 6.42 Å². The lowest BCUT2D eigenvalue weighted by Crippen LogP contribution is -2.29. The molecule has 1 aromatic heterocycles. The maximum Gasteiger partial charge on any atom is 0.130 e. The fourth-order valence-corrected chi connectivity index (χ4v) is 3.40. The number of hydrogen-bond acceptors (Lipinski definition) is 3. The first-order valence-corrected chi connectivity index (χ1v) is 8.20. The molecule has 120 valence electrons. The molecule has 3 aromatic rings. The number of methoxy groups -OCH3 is 1. The van der Waals surface area contributed by atoms with Crippen LogP contribution in [-0.4, -0.2) is 23.3 Å². The lowest BCUT2D eigenvalue weighted by molar-refractivity contribution is 0.419. The molecule has 0 spiro atoms. The molecule has 0 saturated carbocycles. The quantitative estimate of drug-likeness (QED) is 0.701. The van der Waals surface area contributed by atoms with Crippen molar-refractivity contribution in [3.8, 4) is 5.75 Å². The molecule has 24 heavy (non-hydrogen) atoms. The third-order valence-electron chi connectivity index (χ3n) is 4.45. The molecule has 4 rings (SSSR count). The highest BCUT2D eigenvalue weighted by molar-refractivity contribution is 6.14. The zero-order valence-electron chi connectivity index (χ0n) is 14.2. The number of rotatable bonds is 2. The van der Waals surface area contributed by atoms with Gasteiger partial charge in [0.1, 0.15) is 5.75 Å². The smallest absolute Gasteiger partial charge is 0.130 e. The molecule has 0 N–H and O–H groups in total. The highest BCUT2D eigenvalue weighted by atomic mass is 16.5. The Kier molecular flexibility index (Phi) is 3.38. The average Bonchev–Trinajstić information content (AvgIpc) is 2.59. The fraction of sp³-hybridized carbons (Fsp3) is 0.238. The molecule has 3 nitrogen and oxygen atoms in total. The molecular formula is C21H20N2O. The third kappa shape index (κ3) is 2.46. The van der Waals surface area contributed by atoms with Crippen molar-refractivity contribution in [3.05, 3.63) is 71.4 Å². The van der Waals surface area contributed by atoms with Crippen molar-refractivity contribution in [2.75, 3.05) is 7.11 Å². The summed E-state index contributed by atoms with van der Waals surface area (Å²) in [5.74, 6) is 0.833. The van der Waals surface area contributed by atoms with Crippen molar-refractivity contribution in [1.82, 2.24) is 4.98 Å². The predicted octanol–water partition coefficient (Wildman–Crippen LogP) is 4.42. The normalized spacial score (nSPS) is 15.7. The van der Waals surface area contributed by atoms with E-state index in [0.717, 1.165) is 34.5 Å². The Hall–Kier alpha value is -2.68. The van der Waals surface area contributed by atoms with E-state index >= 15 is 0 Å². The van der Waals surface area contributed by atoms with Crippen LogP contribution in [0.1, 0.15) is 30.7 Å². The van der Waals surface area contributed by atoms with E-state index in [2.05, 4.69) is 38.1 Å². The summed E-state index contributed by atoms with van der Waals surface area (Å²) in [5.41, 5.74) is 5.10. The Bertz CT molecular complexity index is 957. The van der Waals surface area contributed by atoms with Gasteiger partial charge in [-0.05, 0) is 38.0 Å². The van der Waals surface area contributed by atoms with Crippen LogP contribution in [0.5, 0.6) is 5.75 Å². The maximum atomic E-state index is 5.60. The van der Waals surface area contributed by atoms with E-state index in [1.54, 1.807) is 7.11 Å². The van der Waals surface area contributed by atoms with Gasteiger partial charge in [-0.2, -0.15) is 0 Å². The largest absolute Gasteiger partial charge is 0.496 e. The van der Waals surface area contributed by atoms with Crippen molar-refractivity contribution in [1.29, 1.82) is 0 Å². The van der Waals surface area contributed by atoms with Gasteiger partial charge in [-0.3, -0.25) is 4.99 Å².